The van der Waals surface area contributed by atoms with Gasteiger partial charge in [0.15, 0.2) is 0 Å². The third-order valence-corrected chi connectivity index (χ3v) is 9.25. The fourth-order valence-corrected chi connectivity index (χ4v) is 7.25. The van der Waals surface area contributed by atoms with Gasteiger partial charge < -0.3 is 19.4 Å². The number of ether oxygens (including phenoxy) is 2. The topological polar surface area (TPSA) is 69.8 Å². The van der Waals surface area contributed by atoms with E-state index in [4.69, 9.17) is 14.5 Å². The van der Waals surface area contributed by atoms with Crippen LogP contribution in [0.25, 0.3) is 27.7 Å². The molecule has 1 N–H and O–H groups in total. The van der Waals surface area contributed by atoms with Gasteiger partial charge in [-0.3, -0.25) is 9.20 Å². The molecular formula is C29H33BrN4O3. The van der Waals surface area contributed by atoms with Crippen molar-refractivity contribution in [3.05, 3.63) is 50.7 Å². The average molecular weight is 566 g/mol. The minimum Gasteiger partial charge on any atom is -0.491 e. The van der Waals surface area contributed by atoms with Gasteiger partial charge in [0.2, 0.25) is 5.78 Å². The van der Waals surface area contributed by atoms with E-state index in [0.717, 1.165) is 90.8 Å². The largest absolute Gasteiger partial charge is 0.491 e. The molecule has 8 heteroatoms. The number of nitrogens with zero attached hydrogens (tertiary/aromatic N) is 3. The van der Waals surface area contributed by atoms with E-state index in [1.807, 2.05) is 18.2 Å². The molecule has 2 aromatic heterocycles. The standard InChI is InChI=1S/C29H33BrN4O3/c30-22-8-3-9-23-27(22)28(35)32-29-33(19-5-1-2-6-19)24-15-21(18-10-12-31-13-11-18)26(16-25(24)34(23)29)37-17-20-7-4-14-36-20/h3,8-9,15-16,18-20,31H,1-2,4-7,10-14,17H2/t20-/m0/s1. The van der Waals surface area contributed by atoms with Crippen molar-refractivity contribution >= 4 is 43.6 Å². The molecule has 4 aromatic rings. The van der Waals surface area contributed by atoms with Crippen molar-refractivity contribution in [3.63, 3.8) is 0 Å². The maximum absolute atomic E-state index is 13.3. The Balaban J connectivity index is 1.50. The van der Waals surface area contributed by atoms with Gasteiger partial charge in [0.1, 0.15) is 12.4 Å². The molecule has 0 unspecified atom stereocenters. The Morgan fingerprint density at radius 3 is 2.65 bits per heavy atom. The van der Waals surface area contributed by atoms with Crippen LogP contribution in [0.5, 0.6) is 5.75 Å². The van der Waals surface area contributed by atoms with Gasteiger partial charge in [0.25, 0.3) is 5.56 Å². The summed E-state index contributed by atoms with van der Waals surface area (Å²) in [5.41, 5.74) is 4.19. The van der Waals surface area contributed by atoms with E-state index in [0.29, 0.717) is 24.0 Å². The second-order valence-corrected chi connectivity index (χ2v) is 11.7. The van der Waals surface area contributed by atoms with E-state index in [1.165, 1.54) is 18.4 Å². The molecule has 1 saturated carbocycles. The van der Waals surface area contributed by atoms with Crippen LogP contribution in [0.1, 0.15) is 68.9 Å². The maximum Gasteiger partial charge on any atom is 0.283 e. The molecule has 2 saturated heterocycles. The van der Waals surface area contributed by atoms with Crippen LogP contribution in [0.4, 0.5) is 0 Å². The van der Waals surface area contributed by atoms with Crippen molar-refractivity contribution in [3.8, 4) is 5.75 Å². The second-order valence-electron chi connectivity index (χ2n) is 10.8. The molecule has 2 aliphatic heterocycles. The summed E-state index contributed by atoms with van der Waals surface area (Å²) < 4.78 is 17.8. The van der Waals surface area contributed by atoms with Gasteiger partial charge in [-0.25, -0.2) is 0 Å². The predicted molar refractivity (Wildman–Crippen MR) is 149 cm³/mol. The van der Waals surface area contributed by atoms with Crippen LogP contribution in [0.2, 0.25) is 0 Å². The molecule has 4 heterocycles. The molecule has 37 heavy (non-hydrogen) atoms. The van der Waals surface area contributed by atoms with Gasteiger partial charge in [-0.05, 0) is 97.2 Å². The van der Waals surface area contributed by atoms with E-state index < -0.39 is 0 Å². The number of fused-ring (bicyclic) bond motifs is 5. The molecule has 0 amide bonds. The number of hydrogen-bond acceptors (Lipinski definition) is 5. The van der Waals surface area contributed by atoms with Gasteiger partial charge in [-0.1, -0.05) is 18.9 Å². The highest BCUT2D eigenvalue weighted by molar-refractivity contribution is 9.10. The Kier molecular flexibility index (Phi) is 6.22. The summed E-state index contributed by atoms with van der Waals surface area (Å²) >= 11 is 3.61. The van der Waals surface area contributed by atoms with Crippen LogP contribution in [-0.4, -0.2) is 46.4 Å². The monoisotopic (exact) mass is 564 g/mol. The first-order valence-corrected chi connectivity index (χ1v) is 14.6. The van der Waals surface area contributed by atoms with Gasteiger partial charge in [-0.2, -0.15) is 4.98 Å². The molecular weight excluding hydrogens is 532 g/mol. The highest BCUT2D eigenvalue weighted by Crippen LogP contribution is 2.41. The van der Waals surface area contributed by atoms with E-state index in [9.17, 15) is 4.79 Å². The smallest absolute Gasteiger partial charge is 0.283 e. The molecule has 0 radical (unpaired) electrons. The second kappa shape index (κ2) is 9.71. The lowest BCUT2D eigenvalue weighted by Crippen LogP contribution is -2.27. The first-order chi connectivity index (χ1) is 18.2. The van der Waals surface area contributed by atoms with Crippen molar-refractivity contribution in [1.82, 2.24) is 19.3 Å². The zero-order valence-electron chi connectivity index (χ0n) is 21.0. The van der Waals surface area contributed by atoms with E-state index >= 15 is 0 Å². The van der Waals surface area contributed by atoms with Gasteiger partial charge in [0, 0.05) is 23.2 Å². The van der Waals surface area contributed by atoms with E-state index in [-0.39, 0.29) is 11.7 Å². The molecule has 7 rings (SSSR count). The normalized spacial score (nSPS) is 21.6. The zero-order chi connectivity index (χ0) is 24.9. The highest BCUT2D eigenvalue weighted by atomic mass is 79.9. The number of rotatable bonds is 5. The lowest BCUT2D eigenvalue weighted by molar-refractivity contribution is 0.0674. The minimum absolute atomic E-state index is 0.158. The molecule has 3 fully saturated rings. The Morgan fingerprint density at radius 1 is 1.03 bits per heavy atom. The summed E-state index contributed by atoms with van der Waals surface area (Å²) in [6.07, 6.45) is 9.16. The number of nitrogens with one attached hydrogen (secondary N) is 1. The number of benzene rings is 2. The molecule has 0 spiro atoms. The molecule has 2 aromatic carbocycles. The van der Waals surface area contributed by atoms with Gasteiger partial charge in [0.05, 0.1) is 28.0 Å². The van der Waals surface area contributed by atoms with Crippen molar-refractivity contribution in [2.45, 2.75) is 69.4 Å². The zero-order valence-corrected chi connectivity index (χ0v) is 22.6. The summed E-state index contributed by atoms with van der Waals surface area (Å²) in [4.78, 5) is 18.0. The van der Waals surface area contributed by atoms with Crippen LogP contribution in [0.15, 0.2) is 39.6 Å². The van der Waals surface area contributed by atoms with Crippen molar-refractivity contribution in [2.24, 2.45) is 0 Å². The fraction of sp³-hybridized carbons (Fsp3) is 0.517. The summed E-state index contributed by atoms with van der Waals surface area (Å²) in [5, 5.41) is 4.13. The number of aromatic nitrogens is 3. The van der Waals surface area contributed by atoms with Crippen LogP contribution < -0.4 is 15.6 Å². The summed E-state index contributed by atoms with van der Waals surface area (Å²) in [6.45, 7) is 3.44. The molecule has 0 bridgehead atoms. The van der Waals surface area contributed by atoms with E-state index in [2.05, 4.69) is 42.3 Å². The van der Waals surface area contributed by atoms with Crippen LogP contribution in [-0.2, 0) is 4.74 Å². The molecule has 1 atom stereocenters. The lowest BCUT2D eigenvalue weighted by atomic mass is 9.89. The molecule has 7 nitrogen and oxygen atoms in total. The molecule has 3 aliphatic rings. The number of hydrogen-bond donors (Lipinski definition) is 1. The van der Waals surface area contributed by atoms with E-state index in [1.54, 1.807) is 0 Å². The average Bonchev–Trinajstić information content (AvgIpc) is 3.68. The number of imidazole rings is 1. The minimum atomic E-state index is -0.182. The van der Waals surface area contributed by atoms with Crippen LogP contribution >= 0.6 is 15.9 Å². The van der Waals surface area contributed by atoms with Gasteiger partial charge in [-0.15, -0.1) is 0 Å². The molecule has 1 aliphatic carbocycles. The Morgan fingerprint density at radius 2 is 1.86 bits per heavy atom. The number of halogens is 1. The lowest BCUT2D eigenvalue weighted by Gasteiger charge is -2.26. The third kappa shape index (κ3) is 4.08. The number of piperidine rings is 1. The Bertz CT molecular complexity index is 1530. The fourth-order valence-electron chi connectivity index (χ4n) is 6.73. The van der Waals surface area contributed by atoms with Crippen LogP contribution in [0.3, 0.4) is 0 Å². The summed E-state index contributed by atoms with van der Waals surface area (Å²) in [5.74, 6) is 2.13. The Labute approximate surface area is 224 Å². The highest BCUT2D eigenvalue weighted by Gasteiger charge is 2.28. The van der Waals surface area contributed by atoms with Crippen LogP contribution in [0, 0.1) is 0 Å². The van der Waals surface area contributed by atoms with Gasteiger partial charge >= 0.3 is 0 Å². The van der Waals surface area contributed by atoms with Crippen molar-refractivity contribution < 1.29 is 9.47 Å². The summed E-state index contributed by atoms with van der Waals surface area (Å²) in [6, 6.07) is 10.9. The third-order valence-electron chi connectivity index (χ3n) is 8.59. The maximum atomic E-state index is 13.3. The Hall–Kier alpha value is -2.42. The summed E-state index contributed by atoms with van der Waals surface area (Å²) in [7, 11) is 0. The SMILES string of the molecule is O=c1nc2n(C3CCCC3)c3cc(C4CCNCC4)c(OC[C@@H]4CCCO4)cc3n2c2cccc(Br)c12. The first-order valence-electron chi connectivity index (χ1n) is 13.8. The first kappa shape index (κ1) is 23.7. The quantitative estimate of drug-likeness (QED) is 0.336. The predicted octanol–water partition coefficient (Wildman–Crippen LogP) is 5.70. The van der Waals surface area contributed by atoms with Crippen molar-refractivity contribution in [1.29, 1.82) is 0 Å². The van der Waals surface area contributed by atoms with Crippen molar-refractivity contribution in [2.75, 3.05) is 26.3 Å². The molecule has 194 valence electrons.